The fraction of sp³-hybridized carbons (Fsp3) is 0.474. The topological polar surface area (TPSA) is 67.8 Å². The minimum atomic E-state index is -2.91. The van der Waals surface area contributed by atoms with E-state index in [0.29, 0.717) is 30.4 Å². The van der Waals surface area contributed by atoms with Crippen molar-refractivity contribution >= 4 is 17.3 Å². The second kappa shape index (κ2) is 11.4. The quantitative estimate of drug-likeness (QED) is 0.457. The molecule has 154 valence electrons. The molecule has 1 aromatic carbocycles. The molecule has 28 heavy (non-hydrogen) atoms. The third kappa shape index (κ3) is 6.95. The minimum Gasteiger partial charge on any atom is -0.493 e. The summed E-state index contributed by atoms with van der Waals surface area (Å²) in [5.41, 5.74) is 1.51. The zero-order valence-electron chi connectivity index (χ0n) is 16.3. The number of halogens is 2. The van der Waals surface area contributed by atoms with Crippen molar-refractivity contribution in [2.75, 3.05) is 13.7 Å². The number of aryl methyl sites for hydroxylation is 1. The summed E-state index contributed by atoms with van der Waals surface area (Å²) in [7, 11) is 1.64. The first kappa shape index (κ1) is 21.9. The van der Waals surface area contributed by atoms with E-state index in [9.17, 15) is 8.78 Å². The van der Waals surface area contributed by atoms with Gasteiger partial charge in [0.25, 0.3) is 0 Å². The predicted octanol–water partition coefficient (Wildman–Crippen LogP) is 3.96. The largest absolute Gasteiger partial charge is 0.493 e. The number of nitrogens with one attached hydrogen (secondary N) is 2. The van der Waals surface area contributed by atoms with Crippen LogP contribution in [0.1, 0.15) is 36.5 Å². The molecule has 0 aliphatic rings. The number of rotatable bonds is 10. The van der Waals surface area contributed by atoms with E-state index in [0.717, 1.165) is 23.5 Å². The van der Waals surface area contributed by atoms with Crippen molar-refractivity contribution in [2.45, 2.75) is 46.4 Å². The summed E-state index contributed by atoms with van der Waals surface area (Å²) in [4.78, 5) is 8.64. The van der Waals surface area contributed by atoms with Crippen LogP contribution in [0, 0.1) is 0 Å². The van der Waals surface area contributed by atoms with E-state index in [4.69, 9.17) is 4.74 Å². The van der Waals surface area contributed by atoms with Crippen molar-refractivity contribution in [2.24, 2.45) is 4.99 Å². The van der Waals surface area contributed by atoms with Crippen molar-refractivity contribution in [3.63, 3.8) is 0 Å². The van der Waals surface area contributed by atoms with Crippen LogP contribution < -0.4 is 20.1 Å². The highest BCUT2D eigenvalue weighted by atomic mass is 32.1. The number of aliphatic imine (C=N–C) groups is 1. The average Bonchev–Trinajstić information content (AvgIpc) is 3.15. The number of hydrogen-bond donors (Lipinski definition) is 2. The first-order valence-corrected chi connectivity index (χ1v) is 10.0. The predicted molar refractivity (Wildman–Crippen MR) is 107 cm³/mol. The molecular formula is C19H26F2N4O2S. The average molecular weight is 413 g/mol. The molecular weight excluding hydrogens is 386 g/mol. The zero-order chi connectivity index (χ0) is 20.4. The Morgan fingerprint density at radius 3 is 2.68 bits per heavy atom. The maximum atomic E-state index is 12.8. The van der Waals surface area contributed by atoms with E-state index >= 15 is 0 Å². The van der Waals surface area contributed by atoms with E-state index in [1.54, 1.807) is 30.5 Å². The first-order chi connectivity index (χ1) is 13.5. The molecule has 0 saturated carbocycles. The molecule has 2 N–H and O–H groups in total. The SMILES string of the molecule is CCCOc1ccc(CNC(=NC)NCc2csc(CC)n2)c(OC(F)F)c1. The lowest BCUT2D eigenvalue weighted by molar-refractivity contribution is -0.0505. The van der Waals surface area contributed by atoms with Crippen LogP contribution in [0.5, 0.6) is 11.5 Å². The summed E-state index contributed by atoms with van der Waals surface area (Å²) in [6, 6.07) is 4.93. The van der Waals surface area contributed by atoms with Gasteiger partial charge >= 0.3 is 6.61 Å². The highest BCUT2D eigenvalue weighted by Gasteiger charge is 2.12. The van der Waals surface area contributed by atoms with Gasteiger partial charge in [0, 0.05) is 30.6 Å². The van der Waals surface area contributed by atoms with Crippen LogP contribution in [0.4, 0.5) is 8.78 Å². The van der Waals surface area contributed by atoms with Crippen LogP contribution in [0.25, 0.3) is 0 Å². The highest BCUT2D eigenvalue weighted by molar-refractivity contribution is 7.09. The molecule has 0 atom stereocenters. The zero-order valence-corrected chi connectivity index (χ0v) is 17.1. The molecule has 0 bridgehead atoms. The second-order valence-corrected chi connectivity index (χ2v) is 6.80. The Balaban J connectivity index is 1.97. The summed E-state index contributed by atoms with van der Waals surface area (Å²) >= 11 is 1.62. The normalized spacial score (nSPS) is 11.6. The maximum Gasteiger partial charge on any atom is 0.387 e. The standard InChI is InChI=1S/C19H26F2N4O2S/c1-4-8-26-15-7-6-13(16(9-15)27-18(20)21)10-23-19(22-3)24-11-14-12-28-17(5-2)25-14/h6-7,9,12,18H,4-5,8,10-11H2,1-3H3,(H2,22,23,24). The van der Waals surface area contributed by atoms with Crippen molar-refractivity contribution < 1.29 is 18.3 Å². The minimum absolute atomic E-state index is 0.0821. The summed E-state index contributed by atoms with van der Waals surface area (Å²) < 4.78 is 35.7. The lowest BCUT2D eigenvalue weighted by Gasteiger charge is -2.15. The third-order valence-corrected chi connectivity index (χ3v) is 4.78. The highest BCUT2D eigenvalue weighted by Crippen LogP contribution is 2.26. The Hall–Kier alpha value is -2.42. The number of nitrogens with zero attached hydrogens (tertiary/aromatic N) is 2. The Morgan fingerprint density at radius 2 is 2.04 bits per heavy atom. The van der Waals surface area contributed by atoms with Gasteiger partial charge in [0.1, 0.15) is 11.5 Å². The lowest BCUT2D eigenvalue weighted by atomic mass is 10.2. The molecule has 9 heteroatoms. The number of alkyl halides is 2. The fourth-order valence-electron chi connectivity index (χ4n) is 2.36. The summed E-state index contributed by atoms with van der Waals surface area (Å²) in [6.45, 7) is 2.44. The Morgan fingerprint density at radius 1 is 1.25 bits per heavy atom. The van der Waals surface area contributed by atoms with E-state index in [1.165, 1.54) is 6.07 Å². The number of aromatic nitrogens is 1. The number of thiazole rings is 1. The molecule has 0 aliphatic carbocycles. The van der Waals surface area contributed by atoms with Gasteiger partial charge in [0.05, 0.1) is 23.9 Å². The molecule has 0 spiro atoms. The van der Waals surface area contributed by atoms with Crippen molar-refractivity contribution in [3.05, 3.63) is 39.8 Å². The summed E-state index contributed by atoms with van der Waals surface area (Å²) in [6.07, 6.45) is 1.73. The molecule has 0 radical (unpaired) electrons. The molecule has 2 aromatic rings. The van der Waals surface area contributed by atoms with Crippen molar-refractivity contribution in [3.8, 4) is 11.5 Å². The molecule has 0 saturated heterocycles. The molecule has 1 aromatic heterocycles. The van der Waals surface area contributed by atoms with Crippen LogP contribution in [0.2, 0.25) is 0 Å². The van der Waals surface area contributed by atoms with Crippen LogP contribution in [0.15, 0.2) is 28.6 Å². The van der Waals surface area contributed by atoms with E-state index in [-0.39, 0.29) is 12.3 Å². The van der Waals surface area contributed by atoms with Gasteiger partial charge in [-0.1, -0.05) is 13.8 Å². The van der Waals surface area contributed by atoms with Crippen molar-refractivity contribution in [1.29, 1.82) is 0 Å². The Kier molecular flexibility index (Phi) is 8.93. The molecule has 6 nitrogen and oxygen atoms in total. The molecule has 0 fully saturated rings. The number of guanidine groups is 1. The summed E-state index contributed by atoms with van der Waals surface area (Å²) in [5, 5.41) is 9.35. The van der Waals surface area contributed by atoms with Gasteiger partial charge in [-0.3, -0.25) is 4.99 Å². The fourth-order valence-corrected chi connectivity index (χ4v) is 3.11. The van der Waals surface area contributed by atoms with Gasteiger partial charge in [0.2, 0.25) is 0 Å². The Bertz CT molecular complexity index is 768. The van der Waals surface area contributed by atoms with Gasteiger partial charge in [-0.25, -0.2) is 4.98 Å². The van der Waals surface area contributed by atoms with E-state index < -0.39 is 6.61 Å². The number of ether oxygens (including phenoxy) is 2. The molecule has 0 unspecified atom stereocenters. The van der Waals surface area contributed by atoms with Gasteiger partial charge < -0.3 is 20.1 Å². The van der Waals surface area contributed by atoms with E-state index in [1.807, 2.05) is 12.3 Å². The lowest BCUT2D eigenvalue weighted by Crippen LogP contribution is -2.36. The second-order valence-electron chi connectivity index (χ2n) is 5.86. The summed E-state index contributed by atoms with van der Waals surface area (Å²) in [5.74, 6) is 1.12. The van der Waals surface area contributed by atoms with Crippen LogP contribution in [-0.4, -0.2) is 31.2 Å². The monoisotopic (exact) mass is 412 g/mol. The number of hydrogen-bond acceptors (Lipinski definition) is 5. The first-order valence-electron chi connectivity index (χ1n) is 9.14. The van der Waals surface area contributed by atoms with Crippen LogP contribution in [-0.2, 0) is 19.5 Å². The van der Waals surface area contributed by atoms with Gasteiger partial charge in [-0.2, -0.15) is 8.78 Å². The maximum absolute atomic E-state index is 12.8. The number of benzene rings is 1. The third-order valence-electron chi connectivity index (χ3n) is 3.74. The van der Waals surface area contributed by atoms with Gasteiger partial charge in [-0.15, -0.1) is 11.3 Å². The molecule has 2 rings (SSSR count). The van der Waals surface area contributed by atoms with Crippen LogP contribution in [0.3, 0.4) is 0 Å². The Labute approximate surface area is 168 Å². The molecule has 0 aliphatic heterocycles. The van der Waals surface area contributed by atoms with Crippen molar-refractivity contribution in [1.82, 2.24) is 15.6 Å². The smallest absolute Gasteiger partial charge is 0.387 e. The van der Waals surface area contributed by atoms with Gasteiger partial charge in [-0.05, 0) is 25.0 Å². The molecule has 0 amide bonds. The molecule has 1 heterocycles. The van der Waals surface area contributed by atoms with Crippen LogP contribution >= 0.6 is 11.3 Å². The van der Waals surface area contributed by atoms with Gasteiger partial charge in [0.15, 0.2) is 5.96 Å². The van der Waals surface area contributed by atoms with E-state index in [2.05, 4.69) is 32.3 Å².